The number of hydrogen-bond acceptors (Lipinski definition) is 4. The van der Waals surface area contributed by atoms with Gasteiger partial charge in [0.05, 0.1) is 5.54 Å². The van der Waals surface area contributed by atoms with Crippen LogP contribution in [0.5, 0.6) is 11.5 Å². The molecule has 0 aliphatic rings. The van der Waals surface area contributed by atoms with Crippen LogP contribution in [0.4, 0.5) is 15.3 Å². The van der Waals surface area contributed by atoms with Crippen LogP contribution in [0.15, 0.2) is 121 Å². The van der Waals surface area contributed by atoms with E-state index in [0.29, 0.717) is 17.2 Å². The third-order valence-corrected chi connectivity index (χ3v) is 5.57. The first-order valence-electron chi connectivity index (χ1n) is 11.2. The highest BCUT2D eigenvalue weighted by atomic mass is 16.6. The molecule has 0 spiro atoms. The molecule has 0 aliphatic carbocycles. The number of benzene rings is 4. The first-order valence-corrected chi connectivity index (χ1v) is 11.2. The minimum absolute atomic E-state index is 0.0709. The highest BCUT2D eigenvalue weighted by Crippen LogP contribution is 2.34. The van der Waals surface area contributed by atoms with Gasteiger partial charge in [-0.25, -0.2) is 9.59 Å². The van der Waals surface area contributed by atoms with Gasteiger partial charge in [0.15, 0.2) is 0 Å². The maximum Gasteiger partial charge on any atom is 0.420 e. The summed E-state index contributed by atoms with van der Waals surface area (Å²) < 4.78 is 11.1. The Bertz CT molecular complexity index is 1230. The summed E-state index contributed by atoms with van der Waals surface area (Å²) in [5.74, 6) is 0.847. The van der Waals surface area contributed by atoms with Gasteiger partial charge >= 0.3 is 12.2 Å². The fourth-order valence-corrected chi connectivity index (χ4v) is 3.79. The van der Waals surface area contributed by atoms with E-state index in [1.54, 1.807) is 53.4 Å². The van der Waals surface area contributed by atoms with E-state index >= 15 is 0 Å². The Kier molecular flexibility index (Phi) is 7.43. The van der Waals surface area contributed by atoms with Crippen LogP contribution in [-0.2, 0) is 5.54 Å². The Morgan fingerprint density at radius 2 is 1.14 bits per heavy atom. The molecule has 0 bridgehead atoms. The fourth-order valence-electron chi connectivity index (χ4n) is 3.79. The quantitative estimate of drug-likeness (QED) is 0.342. The topological polar surface area (TPSA) is 67.9 Å². The van der Waals surface area contributed by atoms with Gasteiger partial charge in [0.1, 0.15) is 11.5 Å². The van der Waals surface area contributed by atoms with Crippen molar-refractivity contribution in [3.63, 3.8) is 0 Å². The van der Waals surface area contributed by atoms with Crippen molar-refractivity contribution >= 4 is 17.9 Å². The molecule has 0 radical (unpaired) electrons. The van der Waals surface area contributed by atoms with Gasteiger partial charge < -0.3 is 14.8 Å². The minimum Gasteiger partial charge on any atom is -0.410 e. The molecule has 1 atom stereocenters. The van der Waals surface area contributed by atoms with Gasteiger partial charge in [-0.05, 0) is 48.9 Å². The summed E-state index contributed by atoms with van der Waals surface area (Å²) in [6.07, 6.45) is -1.20. The van der Waals surface area contributed by atoms with E-state index in [9.17, 15) is 9.59 Å². The standard InChI is InChI=1S/C29H26N2O4/c1-29(23-14-6-2-7-15-23,22-30-27(32)34-25-18-10-4-11-19-25)31(24-16-8-3-9-17-24)28(33)35-26-20-12-5-13-21-26/h2-21H,22H2,1H3,(H,30,32). The van der Waals surface area contributed by atoms with E-state index in [-0.39, 0.29) is 6.54 Å². The third-order valence-electron chi connectivity index (χ3n) is 5.57. The van der Waals surface area contributed by atoms with Crippen molar-refractivity contribution in [1.82, 2.24) is 5.32 Å². The molecule has 4 aromatic carbocycles. The van der Waals surface area contributed by atoms with Crippen LogP contribution in [0, 0.1) is 0 Å². The maximum atomic E-state index is 13.6. The molecular weight excluding hydrogens is 440 g/mol. The van der Waals surface area contributed by atoms with Crippen molar-refractivity contribution in [3.8, 4) is 11.5 Å². The third kappa shape index (κ3) is 5.86. The first kappa shape index (κ1) is 23.6. The smallest absolute Gasteiger partial charge is 0.410 e. The summed E-state index contributed by atoms with van der Waals surface area (Å²) in [5, 5.41) is 2.83. The summed E-state index contributed by atoms with van der Waals surface area (Å²) in [7, 11) is 0. The van der Waals surface area contributed by atoms with Crippen LogP contribution in [0.3, 0.4) is 0 Å². The monoisotopic (exact) mass is 466 g/mol. The van der Waals surface area contributed by atoms with E-state index in [2.05, 4.69) is 5.32 Å². The summed E-state index contributed by atoms with van der Waals surface area (Å²) >= 11 is 0. The molecule has 4 aromatic rings. The summed E-state index contributed by atoms with van der Waals surface area (Å²) in [6.45, 7) is 1.95. The van der Waals surface area contributed by atoms with Crippen LogP contribution in [0.2, 0.25) is 0 Å². The lowest BCUT2D eigenvalue weighted by atomic mass is 9.89. The fraction of sp³-hybridized carbons (Fsp3) is 0.103. The number of ether oxygens (including phenoxy) is 2. The molecule has 35 heavy (non-hydrogen) atoms. The lowest BCUT2D eigenvalue weighted by Crippen LogP contribution is -2.55. The average molecular weight is 467 g/mol. The number of nitrogens with zero attached hydrogens (tertiary/aromatic N) is 1. The molecule has 6 nitrogen and oxygen atoms in total. The van der Waals surface area contributed by atoms with Crippen molar-refractivity contribution in [2.45, 2.75) is 12.5 Å². The van der Waals surface area contributed by atoms with Gasteiger partial charge in [-0.3, -0.25) is 4.90 Å². The number of para-hydroxylation sites is 3. The Balaban J connectivity index is 1.68. The molecule has 0 heterocycles. The van der Waals surface area contributed by atoms with Crippen molar-refractivity contribution in [3.05, 3.63) is 127 Å². The molecule has 176 valence electrons. The van der Waals surface area contributed by atoms with E-state index in [1.165, 1.54) is 0 Å². The molecule has 1 unspecified atom stereocenters. The van der Waals surface area contributed by atoms with Crippen LogP contribution in [-0.4, -0.2) is 18.7 Å². The van der Waals surface area contributed by atoms with Gasteiger partial charge in [0.2, 0.25) is 0 Å². The Morgan fingerprint density at radius 1 is 0.686 bits per heavy atom. The largest absolute Gasteiger partial charge is 0.420 e. The van der Waals surface area contributed by atoms with Crippen LogP contribution in [0.25, 0.3) is 0 Å². The van der Waals surface area contributed by atoms with Crippen molar-refractivity contribution in [1.29, 1.82) is 0 Å². The van der Waals surface area contributed by atoms with Crippen molar-refractivity contribution in [2.24, 2.45) is 0 Å². The zero-order chi connectivity index (χ0) is 24.5. The predicted molar refractivity (Wildman–Crippen MR) is 136 cm³/mol. The summed E-state index contributed by atoms with van der Waals surface area (Å²) in [4.78, 5) is 27.8. The number of amides is 2. The SMILES string of the molecule is CC(CNC(=O)Oc1ccccc1)(c1ccccc1)N(C(=O)Oc1ccccc1)c1ccccc1. The van der Waals surface area contributed by atoms with Gasteiger partial charge in [-0.15, -0.1) is 0 Å². The average Bonchev–Trinajstić information content (AvgIpc) is 2.90. The number of carbonyl (C=O) groups is 2. The highest BCUT2D eigenvalue weighted by molar-refractivity contribution is 5.91. The van der Waals surface area contributed by atoms with Crippen LogP contribution < -0.4 is 19.7 Å². The zero-order valence-electron chi connectivity index (χ0n) is 19.3. The van der Waals surface area contributed by atoms with Gasteiger partial charge in [0, 0.05) is 12.2 Å². The Labute approximate surface area is 204 Å². The second-order valence-corrected chi connectivity index (χ2v) is 8.05. The highest BCUT2D eigenvalue weighted by Gasteiger charge is 2.40. The van der Waals surface area contributed by atoms with E-state index in [0.717, 1.165) is 5.56 Å². The van der Waals surface area contributed by atoms with Gasteiger partial charge in [-0.1, -0.05) is 84.9 Å². The molecule has 0 fully saturated rings. The van der Waals surface area contributed by atoms with Gasteiger partial charge in [0.25, 0.3) is 0 Å². The number of nitrogens with one attached hydrogen (secondary N) is 1. The molecule has 4 rings (SSSR count). The lowest BCUT2D eigenvalue weighted by molar-refractivity contribution is 0.189. The summed E-state index contributed by atoms with van der Waals surface area (Å²) in [5.41, 5.74) is 0.427. The molecule has 0 saturated carbocycles. The molecule has 0 saturated heterocycles. The van der Waals surface area contributed by atoms with Crippen LogP contribution in [0.1, 0.15) is 12.5 Å². The van der Waals surface area contributed by atoms with E-state index in [4.69, 9.17) is 9.47 Å². The molecule has 2 amide bonds. The summed E-state index contributed by atoms with van der Waals surface area (Å²) in [6, 6.07) is 36.4. The van der Waals surface area contributed by atoms with Crippen molar-refractivity contribution < 1.29 is 19.1 Å². The van der Waals surface area contributed by atoms with Crippen LogP contribution >= 0.6 is 0 Å². The van der Waals surface area contributed by atoms with E-state index < -0.39 is 17.7 Å². The second kappa shape index (κ2) is 11.0. The molecule has 0 aliphatic heterocycles. The van der Waals surface area contributed by atoms with Gasteiger partial charge in [-0.2, -0.15) is 0 Å². The first-order chi connectivity index (χ1) is 17.1. The molecule has 1 N–H and O–H groups in total. The van der Waals surface area contributed by atoms with E-state index in [1.807, 2.05) is 79.7 Å². The Morgan fingerprint density at radius 3 is 1.69 bits per heavy atom. The van der Waals surface area contributed by atoms with Crippen molar-refractivity contribution in [2.75, 3.05) is 11.4 Å². The normalized spacial score (nSPS) is 12.1. The number of rotatable bonds is 7. The zero-order valence-corrected chi connectivity index (χ0v) is 19.3. The number of carbonyl (C=O) groups excluding carboxylic acids is 2. The Hall–Kier alpha value is -4.58. The number of hydrogen-bond donors (Lipinski definition) is 1. The molecule has 6 heteroatoms. The second-order valence-electron chi connectivity index (χ2n) is 8.05. The molecular formula is C29H26N2O4. The maximum absolute atomic E-state index is 13.6. The molecule has 0 aromatic heterocycles. The lowest BCUT2D eigenvalue weighted by Gasteiger charge is -2.41. The predicted octanol–water partition coefficient (Wildman–Crippen LogP) is 6.40. The minimum atomic E-state index is -1.01. The number of anilines is 1.